The highest BCUT2D eigenvalue weighted by atomic mass is 16.5. The lowest BCUT2D eigenvalue weighted by Crippen LogP contribution is -2.54. The van der Waals surface area contributed by atoms with Crippen molar-refractivity contribution in [2.24, 2.45) is 40.4 Å². The number of hydrogen-bond donors (Lipinski definition) is 0. The van der Waals surface area contributed by atoms with Crippen LogP contribution in [0.25, 0.3) is 0 Å². The van der Waals surface area contributed by atoms with Crippen molar-refractivity contribution in [2.45, 2.75) is 84.7 Å². The van der Waals surface area contributed by atoms with Gasteiger partial charge in [0.1, 0.15) is 23.2 Å². The highest BCUT2D eigenvalue weighted by Crippen LogP contribution is 2.67. The Bertz CT molecular complexity index is 924. The van der Waals surface area contributed by atoms with E-state index in [0.717, 1.165) is 37.5 Å². The summed E-state index contributed by atoms with van der Waals surface area (Å²) in [6.07, 6.45) is 10.4. The third-order valence-corrected chi connectivity index (χ3v) is 10.7. The molecule has 0 heterocycles. The Balaban J connectivity index is 1.28. The molecule has 1 aromatic rings. The third-order valence-electron chi connectivity index (χ3n) is 10.7. The quantitative estimate of drug-likeness (QED) is 0.491. The second-order valence-electron chi connectivity index (χ2n) is 11.9. The molecule has 0 radical (unpaired) electrons. The number of para-hydroxylation sites is 1. The molecule has 5 rings (SSSR count). The summed E-state index contributed by atoms with van der Waals surface area (Å²) in [4.78, 5) is 25.3. The van der Waals surface area contributed by atoms with Crippen molar-refractivity contribution < 1.29 is 19.1 Å². The molecule has 33 heavy (non-hydrogen) atoms. The predicted octanol–water partition coefficient (Wildman–Crippen LogP) is 6.47. The zero-order chi connectivity index (χ0) is 23.4. The van der Waals surface area contributed by atoms with E-state index in [1.165, 1.54) is 32.1 Å². The second kappa shape index (κ2) is 8.43. The van der Waals surface area contributed by atoms with Crippen LogP contribution in [-0.4, -0.2) is 25.0 Å². The van der Waals surface area contributed by atoms with E-state index in [0.29, 0.717) is 34.3 Å². The fourth-order valence-corrected chi connectivity index (χ4v) is 9.02. The van der Waals surface area contributed by atoms with Crippen molar-refractivity contribution >= 4 is 11.8 Å². The van der Waals surface area contributed by atoms with Gasteiger partial charge < -0.3 is 9.47 Å². The molecule has 4 nitrogen and oxygen atoms in total. The van der Waals surface area contributed by atoms with Gasteiger partial charge in [0.05, 0.1) is 7.11 Å². The van der Waals surface area contributed by atoms with Gasteiger partial charge in [-0.05, 0) is 111 Å². The second-order valence-corrected chi connectivity index (χ2v) is 11.9. The van der Waals surface area contributed by atoms with Crippen molar-refractivity contribution in [3.63, 3.8) is 0 Å². The first-order chi connectivity index (χ1) is 15.8. The molecule has 0 aliphatic heterocycles. The molecule has 0 N–H and O–H groups in total. The molecule has 0 bridgehead atoms. The lowest BCUT2D eigenvalue weighted by molar-refractivity contribution is -0.138. The summed E-state index contributed by atoms with van der Waals surface area (Å²) in [5, 5.41) is 0. The first kappa shape index (κ1) is 22.9. The molecule has 3 unspecified atom stereocenters. The summed E-state index contributed by atoms with van der Waals surface area (Å²) in [5.41, 5.74) is 1.08. The minimum absolute atomic E-state index is 0.000493. The topological polar surface area (TPSA) is 52.6 Å². The molecule has 4 aliphatic rings. The summed E-state index contributed by atoms with van der Waals surface area (Å²) in [7, 11) is 1.59. The minimum Gasteiger partial charge on any atom is -0.496 e. The summed E-state index contributed by atoms with van der Waals surface area (Å²) in [5.74, 6) is 3.86. The molecule has 4 saturated carbocycles. The lowest BCUT2D eigenvalue weighted by Gasteiger charge is -2.61. The van der Waals surface area contributed by atoms with Gasteiger partial charge >= 0.3 is 5.97 Å². The van der Waals surface area contributed by atoms with E-state index in [1.54, 1.807) is 13.2 Å². The van der Waals surface area contributed by atoms with Crippen LogP contribution in [0.15, 0.2) is 24.3 Å². The van der Waals surface area contributed by atoms with Crippen molar-refractivity contribution in [2.75, 3.05) is 7.11 Å². The van der Waals surface area contributed by atoms with Crippen LogP contribution in [-0.2, 0) is 9.53 Å². The van der Waals surface area contributed by atoms with E-state index in [4.69, 9.17) is 9.47 Å². The van der Waals surface area contributed by atoms with E-state index in [9.17, 15) is 9.59 Å². The van der Waals surface area contributed by atoms with E-state index >= 15 is 0 Å². The number of methoxy groups -OCH3 is 1. The van der Waals surface area contributed by atoms with Gasteiger partial charge in [-0.1, -0.05) is 26.0 Å². The van der Waals surface area contributed by atoms with Gasteiger partial charge in [0.2, 0.25) is 0 Å². The Labute approximate surface area is 198 Å². The van der Waals surface area contributed by atoms with Gasteiger partial charge in [-0.15, -0.1) is 0 Å². The highest BCUT2D eigenvalue weighted by molar-refractivity contribution is 5.92. The molecule has 8 atom stereocenters. The summed E-state index contributed by atoms with van der Waals surface area (Å²) in [6, 6.07) is 7.33. The zero-order valence-corrected chi connectivity index (χ0v) is 20.8. The molecule has 0 amide bonds. The number of ketones is 1. The molecular weight excluding hydrogens is 412 g/mol. The van der Waals surface area contributed by atoms with Gasteiger partial charge in [0.15, 0.2) is 0 Å². The SMILES string of the molecule is COc1ccccc1C(=O)O[C@@H]1CC[C@]2(C)C3CC[C@@]4(C)C(CC[C@@H]4C(C)=O)C3CC[C@H]2C1. The van der Waals surface area contributed by atoms with Gasteiger partial charge in [-0.2, -0.15) is 0 Å². The number of Topliss-reactive ketones (excluding diaryl/α,β-unsaturated/α-hetero) is 1. The number of hydrogen-bond acceptors (Lipinski definition) is 4. The Hall–Kier alpha value is -1.84. The molecule has 0 aromatic heterocycles. The van der Waals surface area contributed by atoms with Crippen LogP contribution in [0.5, 0.6) is 5.75 Å². The van der Waals surface area contributed by atoms with Crippen LogP contribution in [0, 0.1) is 40.4 Å². The summed E-state index contributed by atoms with van der Waals surface area (Å²) >= 11 is 0. The first-order valence-corrected chi connectivity index (χ1v) is 13.1. The van der Waals surface area contributed by atoms with Crippen LogP contribution in [0.2, 0.25) is 0 Å². The molecule has 1 aromatic carbocycles. The number of benzene rings is 1. The van der Waals surface area contributed by atoms with E-state index < -0.39 is 0 Å². The molecule has 4 heteroatoms. The van der Waals surface area contributed by atoms with Crippen molar-refractivity contribution in [3.8, 4) is 5.75 Å². The largest absolute Gasteiger partial charge is 0.496 e. The number of fused-ring (bicyclic) bond motifs is 5. The summed E-state index contributed by atoms with van der Waals surface area (Å²) in [6.45, 7) is 6.78. The van der Waals surface area contributed by atoms with Gasteiger partial charge in [0, 0.05) is 5.92 Å². The molecule has 180 valence electrons. The van der Waals surface area contributed by atoms with Crippen LogP contribution < -0.4 is 4.74 Å². The van der Waals surface area contributed by atoms with Crippen molar-refractivity contribution in [3.05, 3.63) is 29.8 Å². The standard InChI is InChI=1S/C29H40O4/c1-18(30)23-11-12-24-21-10-9-19-17-20(33-27(31)22-7-5-6-8-26(22)32-4)13-15-28(19,2)25(21)14-16-29(23,24)3/h5-8,19-21,23-25H,9-17H2,1-4H3/t19-,20+,21?,23+,24?,25?,28-,29+/m0/s1. The van der Waals surface area contributed by atoms with Gasteiger partial charge in [-0.25, -0.2) is 4.79 Å². The summed E-state index contributed by atoms with van der Waals surface area (Å²) < 4.78 is 11.4. The van der Waals surface area contributed by atoms with Crippen LogP contribution in [0.4, 0.5) is 0 Å². The Morgan fingerprint density at radius 2 is 1.64 bits per heavy atom. The highest BCUT2D eigenvalue weighted by Gasteiger charge is 2.60. The maximum absolute atomic E-state index is 12.9. The molecule has 0 saturated heterocycles. The molecule has 4 fully saturated rings. The first-order valence-electron chi connectivity index (χ1n) is 13.1. The monoisotopic (exact) mass is 452 g/mol. The molecule has 0 spiro atoms. The lowest BCUT2D eigenvalue weighted by atomic mass is 9.44. The van der Waals surface area contributed by atoms with Crippen LogP contribution in [0.1, 0.15) is 88.9 Å². The Morgan fingerprint density at radius 3 is 2.39 bits per heavy atom. The van der Waals surface area contributed by atoms with Crippen LogP contribution >= 0.6 is 0 Å². The van der Waals surface area contributed by atoms with Crippen molar-refractivity contribution in [1.29, 1.82) is 0 Å². The zero-order valence-electron chi connectivity index (χ0n) is 20.8. The van der Waals surface area contributed by atoms with E-state index in [-0.39, 0.29) is 23.4 Å². The Kier molecular flexibility index (Phi) is 5.86. The maximum Gasteiger partial charge on any atom is 0.342 e. The minimum atomic E-state index is -0.260. The number of carbonyl (C=O) groups is 2. The maximum atomic E-state index is 12.9. The molecular formula is C29H40O4. The number of rotatable bonds is 4. The van der Waals surface area contributed by atoms with Crippen molar-refractivity contribution in [1.82, 2.24) is 0 Å². The average Bonchev–Trinajstić information content (AvgIpc) is 3.16. The van der Waals surface area contributed by atoms with Crippen LogP contribution in [0.3, 0.4) is 0 Å². The number of carbonyl (C=O) groups excluding carboxylic acids is 2. The average molecular weight is 453 g/mol. The van der Waals surface area contributed by atoms with E-state index in [2.05, 4.69) is 13.8 Å². The van der Waals surface area contributed by atoms with Gasteiger partial charge in [-0.3, -0.25) is 4.79 Å². The predicted molar refractivity (Wildman–Crippen MR) is 128 cm³/mol. The number of ether oxygens (including phenoxy) is 2. The normalized spacial score (nSPS) is 41.9. The fraction of sp³-hybridized carbons (Fsp3) is 0.724. The van der Waals surface area contributed by atoms with E-state index in [1.807, 2.05) is 25.1 Å². The smallest absolute Gasteiger partial charge is 0.342 e. The van der Waals surface area contributed by atoms with Gasteiger partial charge in [0.25, 0.3) is 0 Å². The number of esters is 1. The Morgan fingerprint density at radius 1 is 0.909 bits per heavy atom. The fourth-order valence-electron chi connectivity index (χ4n) is 9.02. The molecule has 4 aliphatic carbocycles. The third kappa shape index (κ3) is 3.63.